The zero-order chi connectivity index (χ0) is 15.2. The van der Waals surface area contributed by atoms with Gasteiger partial charge in [0, 0.05) is 6.42 Å². The molecule has 1 fully saturated rings. The molecule has 118 valence electrons. The molecule has 0 aromatic carbocycles. The molecule has 0 bridgehead atoms. The third-order valence-electron chi connectivity index (χ3n) is 3.53. The molecule has 5 nitrogen and oxygen atoms in total. The van der Waals surface area contributed by atoms with Gasteiger partial charge in [-0.15, -0.1) is 0 Å². The van der Waals surface area contributed by atoms with Crippen LogP contribution in [0.25, 0.3) is 0 Å². The highest BCUT2D eigenvalue weighted by atomic mass is 16.5. The van der Waals surface area contributed by atoms with Crippen LogP contribution in [0.5, 0.6) is 0 Å². The van der Waals surface area contributed by atoms with Gasteiger partial charge in [-0.3, -0.25) is 4.79 Å². The van der Waals surface area contributed by atoms with Crippen molar-refractivity contribution in [1.82, 2.24) is 5.32 Å². The lowest BCUT2D eigenvalue weighted by Crippen LogP contribution is -2.51. The summed E-state index contributed by atoms with van der Waals surface area (Å²) in [6, 6.07) is 0. The van der Waals surface area contributed by atoms with Crippen molar-refractivity contribution in [3.63, 3.8) is 0 Å². The van der Waals surface area contributed by atoms with Gasteiger partial charge in [0.2, 0.25) is 0 Å². The lowest BCUT2D eigenvalue weighted by Gasteiger charge is -2.27. The van der Waals surface area contributed by atoms with Crippen molar-refractivity contribution in [3.05, 3.63) is 0 Å². The molecule has 0 aliphatic heterocycles. The number of carbonyl (C=O) groups excluding carboxylic acids is 1. The molecule has 20 heavy (non-hydrogen) atoms. The van der Waals surface area contributed by atoms with Crippen LogP contribution in [0.15, 0.2) is 0 Å². The van der Waals surface area contributed by atoms with Gasteiger partial charge in [0.1, 0.15) is 5.54 Å². The smallest absolute Gasteiger partial charge is 0.326 e. The highest BCUT2D eigenvalue weighted by Gasteiger charge is 2.46. The molecule has 2 atom stereocenters. The molecular formula is C15H29NO4. The molecule has 1 saturated carbocycles. The summed E-state index contributed by atoms with van der Waals surface area (Å²) in [5.41, 5.74) is -0.711. The first kappa shape index (κ1) is 17.4. The Kier molecular flexibility index (Phi) is 6.43. The summed E-state index contributed by atoms with van der Waals surface area (Å²) in [7, 11) is 1.44. The van der Waals surface area contributed by atoms with Gasteiger partial charge in [-0.25, -0.2) is 0 Å². The number of methoxy groups -OCH3 is 1. The molecule has 0 amide bonds. The number of esters is 1. The molecule has 1 N–H and O–H groups in total. The topological polar surface area (TPSA) is 56.8 Å². The number of rotatable bonds is 7. The number of likely N-dealkylation sites (N-methyl/N-ethyl adjacent to an activating group) is 1. The minimum atomic E-state index is -0.570. The Hall–Kier alpha value is -0.650. The van der Waals surface area contributed by atoms with E-state index in [1.807, 2.05) is 27.7 Å². The monoisotopic (exact) mass is 287 g/mol. The fourth-order valence-corrected chi connectivity index (χ4v) is 2.66. The van der Waals surface area contributed by atoms with Crippen LogP contribution in [0.4, 0.5) is 0 Å². The molecule has 1 aliphatic carbocycles. The molecule has 0 aromatic heterocycles. The summed E-state index contributed by atoms with van der Waals surface area (Å²) >= 11 is 0. The third-order valence-corrected chi connectivity index (χ3v) is 3.53. The number of hydrogen-bond donors (Lipinski definition) is 1. The Bertz CT molecular complexity index is 313. The van der Waals surface area contributed by atoms with E-state index in [2.05, 4.69) is 5.32 Å². The average Bonchev–Trinajstić information content (AvgIpc) is 2.78. The van der Waals surface area contributed by atoms with Crippen LogP contribution in [0.1, 0.15) is 47.0 Å². The SMILES string of the molecule is CCNC1(C(=O)OC)CCC(OCCOC(C)(C)C)C1. The number of nitrogens with one attached hydrogen (secondary N) is 1. The number of hydrogen-bond acceptors (Lipinski definition) is 5. The summed E-state index contributed by atoms with van der Waals surface area (Å²) in [4.78, 5) is 12.0. The molecule has 5 heteroatoms. The van der Waals surface area contributed by atoms with Gasteiger partial charge in [0.25, 0.3) is 0 Å². The van der Waals surface area contributed by atoms with Gasteiger partial charge in [0.15, 0.2) is 0 Å². The predicted octanol–water partition coefficient (Wildman–Crippen LogP) is 1.89. The van der Waals surface area contributed by atoms with Gasteiger partial charge >= 0.3 is 5.97 Å². The van der Waals surface area contributed by atoms with E-state index in [0.29, 0.717) is 19.6 Å². The Morgan fingerprint density at radius 1 is 1.35 bits per heavy atom. The third kappa shape index (κ3) is 5.04. The number of ether oxygens (including phenoxy) is 3. The Balaban J connectivity index is 2.39. The normalized spacial score (nSPS) is 26.8. The molecule has 0 saturated heterocycles. The van der Waals surface area contributed by atoms with Gasteiger partial charge in [0.05, 0.1) is 32.0 Å². The van der Waals surface area contributed by atoms with Crippen LogP contribution in [0, 0.1) is 0 Å². The Morgan fingerprint density at radius 3 is 2.60 bits per heavy atom. The quantitative estimate of drug-likeness (QED) is 0.572. The second-order valence-electron chi connectivity index (χ2n) is 6.30. The Labute approximate surface area is 122 Å². The van der Waals surface area contributed by atoms with Crippen molar-refractivity contribution in [3.8, 4) is 0 Å². The zero-order valence-corrected chi connectivity index (χ0v) is 13.5. The number of carbonyl (C=O) groups is 1. The van der Waals surface area contributed by atoms with E-state index in [4.69, 9.17) is 14.2 Å². The first-order chi connectivity index (χ1) is 9.33. The maximum atomic E-state index is 12.0. The average molecular weight is 287 g/mol. The highest BCUT2D eigenvalue weighted by molar-refractivity contribution is 5.81. The van der Waals surface area contributed by atoms with E-state index < -0.39 is 5.54 Å². The van der Waals surface area contributed by atoms with Crippen LogP contribution in [0.2, 0.25) is 0 Å². The van der Waals surface area contributed by atoms with Crippen molar-refractivity contribution in [2.45, 2.75) is 64.2 Å². The van der Waals surface area contributed by atoms with Gasteiger partial charge in [-0.05, 0) is 40.2 Å². The fraction of sp³-hybridized carbons (Fsp3) is 0.933. The molecule has 0 heterocycles. The van der Waals surface area contributed by atoms with Crippen molar-refractivity contribution in [2.75, 3.05) is 26.9 Å². The van der Waals surface area contributed by atoms with E-state index in [1.54, 1.807) is 0 Å². The van der Waals surface area contributed by atoms with E-state index in [-0.39, 0.29) is 17.7 Å². The molecule has 1 rings (SSSR count). The van der Waals surface area contributed by atoms with Crippen molar-refractivity contribution < 1.29 is 19.0 Å². The minimum absolute atomic E-state index is 0.0942. The second-order valence-corrected chi connectivity index (χ2v) is 6.30. The molecule has 2 unspecified atom stereocenters. The summed E-state index contributed by atoms with van der Waals surface area (Å²) in [5.74, 6) is -0.184. The van der Waals surface area contributed by atoms with Crippen LogP contribution < -0.4 is 5.32 Å². The predicted molar refractivity (Wildman–Crippen MR) is 77.7 cm³/mol. The largest absolute Gasteiger partial charge is 0.468 e. The van der Waals surface area contributed by atoms with Crippen LogP contribution in [-0.4, -0.2) is 50.1 Å². The van der Waals surface area contributed by atoms with Crippen molar-refractivity contribution >= 4 is 5.97 Å². The van der Waals surface area contributed by atoms with Crippen LogP contribution in [-0.2, 0) is 19.0 Å². The van der Waals surface area contributed by atoms with Crippen LogP contribution in [0.3, 0.4) is 0 Å². The van der Waals surface area contributed by atoms with E-state index in [0.717, 1.165) is 19.4 Å². The van der Waals surface area contributed by atoms with Crippen molar-refractivity contribution in [1.29, 1.82) is 0 Å². The standard InChI is InChI=1S/C15H29NO4/c1-6-16-15(13(17)18-5)8-7-12(11-15)19-9-10-20-14(2,3)4/h12,16H,6-11H2,1-5H3. The maximum Gasteiger partial charge on any atom is 0.326 e. The molecule has 0 aromatic rings. The minimum Gasteiger partial charge on any atom is -0.468 e. The lowest BCUT2D eigenvalue weighted by atomic mass is 9.97. The molecular weight excluding hydrogens is 258 g/mol. The first-order valence-corrected chi connectivity index (χ1v) is 7.42. The Morgan fingerprint density at radius 2 is 2.05 bits per heavy atom. The van der Waals surface area contributed by atoms with Gasteiger partial charge in [-0.1, -0.05) is 6.92 Å². The lowest BCUT2D eigenvalue weighted by molar-refractivity contribution is -0.149. The van der Waals surface area contributed by atoms with Gasteiger partial charge in [-0.2, -0.15) is 0 Å². The van der Waals surface area contributed by atoms with E-state index in [9.17, 15) is 4.79 Å². The molecule has 0 spiro atoms. The van der Waals surface area contributed by atoms with E-state index >= 15 is 0 Å². The van der Waals surface area contributed by atoms with Crippen molar-refractivity contribution in [2.24, 2.45) is 0 Å². The summed E-state index contributed by atoms with van der Waals surface area (Å²) in [5, 5.41) is 3.27. The second kappa shape index (κ2) is 7.38. The van der Waals surface area contributed by atoms with Gasteiger partial charge < -0.3 is 19.5 Å². The fourth-order valence-electron chi connectivity index (χ4n) is 2.66. The summed E-state index contributed by atoms with van der Waals surface area (Å²) in [6.45, 7) is 9.95. The van der Waals surface area contributed by atoms with E-state index in [1.165, 1.54) is 7.11 Å². The zero-order valence-electron chi connectivity index (χ0n) is 13.5. The summed E-state index contributed by atoms with van der Waals surface area (Å²) in [6.07, 6.45) is 2.40. The molecule has 1 aliphatic rings. The summed E-state index contributed by atoms with van der Waals surface area (Å²) < 4.78 is 16.4. The first-order valence-electron chi connectivity index (χ1n) is 7.42. The molecule has 0 radical (unpaired) electrons. The van der Waals surface area contributed by atoms with Crippen LogP contribution >= 0.6 is 0 Å². The highest BCUT2D eigenvalue weighted by Crippen LogP contribution is 2.33. The maximum absolute atomic E-state index is 12.0.